The summed E-state index contributed by atoms with van der Waals surface area (Å²) in [7, 11) is 0. The van der Waals surface area contributed by atoms with Crippen molar-refractivity contribution in [2.45, 2.75) is 45.6 Å². The normalized spacial score (nSPS) is 11.7. The van der Waals surface area contributed by atoms with E-state index in [0.29, 0.717) is 35.0 Å². The van der Waals surface area contributed by atoms with E-state index in [1.54, 1.807) is 4.57 Å². The molecule has 7 rings (SSSR count). The van der Waals surface area contributed by atoms with E-state index < -0.39 is 17.7 Å². The van der Waals surface area contributed by atoms with Crippen LogP contribution >= 0.6 is 0 Å². The highest BCUT2D eigenvalue weighted by Gasteiger charge is 2.27. The summed E-state index contributed by atoms with van der Waals surface area (Å²) < 4.78 is 13.8. The fraction of sp³-hybridized carbons (Fsp3) is 0.163. The molecule has 2 heterocycles. The van der Waals surface area contributed by atoms with Crippen molar-refractivity contribution >= 4 is 33.9 Å². The Morgan fingerprint density at radius 2 is 1.29 bits per heavy atom. The number of fused-ring (bicyclic) bond motifs is 2. The third kappa shape index (κ3) is 6.63. The highest BCUT2D eigenvalue weighted by Crippen LogP contribution is 2.38. The van der Waals surface area contributed by atoms with E-state index >= 15 is 0 Å². The van der Waals surface area contributed by atoms with E-state index in [4.69, 9.17) is 9.15 Å². The minimum Gasteiger partial charge on any atom is -0.481 e. The van der Waals surface area contributed by atoms with Crippen LogP contribution in [0.3, 0.4) is 0 Å². The molecule has 7 aromatic rings. The number of carbonyl (C=O) groups excluding carboxylic acids is 1. The van der Waals surface area contributed by atoms with Crippen molar-refractivity contribution in [3.63, 3.8) is 0 Å². The molecule has 1 N–H and O–H groups in total. The van der Waals surface area contributed by atoms with Gasteiger partial charge in [0.2, 0.25) is 0 Å². The van der Waals surface area contributed by atoms with Gasteiger partial charge in [-0.1, -0.05) is 109 Å². The van der Waals surface area contributed by atoms with Gasteiger partial charge >= 0.3 is 12.1 Å². The molecular weight excluding hydrogens is 610 g/mol. The first-order valence-electron chi connectivity index (χ1n) is 16.4. The molecular formula is C43H37NO5. The predicted octanol–water partition coefficient (Wildman–Crippen LogP) is 10.3. The lowest BCUT2D eigenvalue weighted by Crippen LogP contribution is -2.28. The number of carboxylic acid groups (broad SMARTS) is 1. The van der Waals surface area contributed by atoms with Crippen LogP contribution < -0.4 is 0 Å². The van der Waals surface area contributed by atoms with Crippen LogP contribution in [0.5, 0.6) is 0 Å². The summed E-state index contributed by atoms with van der Waals surface area (Å²) in [4.78, 5) is 25.9. The Morgan fingerprint density at radius 1 is 0.694 bits per heavy atom. The van der Waals surface area contributed by atoms with Crippen LogP contribution in [0.2, 0.25) is 0 Å². The Balaban J connectivity index is 1.32. The number of carbonyl (C=O) groups is 2. The molecule has 49 heavy (non-hydrogen) atoms. The van der Waals surface area contributed by atoms with Crippen LogP contribution in [-0.4, -0.2) is 27.3 Å². The van der Waals surface area contributed by atoms with E-state index in [-0.39, 0.29) is 6.42 Å². The molecule has 6 nitrogen and oxygen atoms in total. The van der Waals surface area contributed by atoms with Gasteiger partial charge in [-0.3, -0.25) is 4.79 Å². The molecule has 0 bridgehead atoms. The number of furan rings is 1. The Hall–Kier alpha value is -5.88. The molecule has 0 fully saturated rings. The zero-order valence-corrected chi connectivity index (χ0v) is 27.8. The molecule has 0 unspecified atom stereocenters. The average molecular weight is 648 g/mol. The third-order valence-electron chi connectivity index (χ3n) is 8.68. The van der Waals surface area contributed by atoms with Gasteiger partial charge in [0.15, 0.2) is 0 Å². The topological polar surface area (TPSA) is 81.7 Å². The summed E-state index contributed by atoms with van der Waals surface area (Å²) in [5, 5.41) is 11.8. The second-order valence-corrected chi connectivity index (χ2v) is 13.3. The fourth-order valence-corrected chi connectivity index (χ4v) is 6.58. The molecule has 0 radical (unpaired) electrons. The summed E-state index contributed by atoms with van der Waals surface area (Å²) in [6, 6.07) is 42.4. The number of ether oxygens (including phenoxy) is 1. The van der Waals surface area contributed by atoms with Crippen LogP contribution in [0, 0.1) is 0 Å². The number of benzene rings is 5. The smallest absolute Gasteiger partial charge is 0.419 e. The summed E-state index contributed by atoms with van der Waals surface area (Å²) >= 11 is 0. The Kier molecular flexibility index (Phi) is 8.39. The van der Waals surface area contributed by atoms with E-state index in [2.05, 4.69) is 42.5 Å². The summed E-state index contributed by atoms with van der Waals surface area (Å²) in [6.45, 7) is 5.47. The lowest BCUT2D eigenvalue weighted by Gasteiger charge is -2.21. The van der Waals surface area contributed by atoms with Gasteiger partial charge in [0.25, 0.3) is 0 Å². The van der Waals surface area contributed by atoms with Crippen molar-refractivity contribution < 1.29 is 23.8 Å². The second kappa shape index (κ2) is 13.0. The molecule has 0 amide bonds. The monoisotopic (exact) mass is 647 g/mol. The average Bonchev–Trinajstić information content (AvgIpc) is 3.59. The second-order valence-electron chi connectivity index (χ2n) is 13.3. The molecule has 244 valence electrons. The van der Waals surface area contributed by atoms with Gasteiger partial charge in [-0.2, -0.15) is 0 Å². The number of nitrogens with zero attached hydrogens (tertiary/aromatic N) is 1. The molecule has 0 saturated carbocycles. The van der Waals surface area contributed by atoms with Crippen molar-refractivity contribution in [2.24, 2.45) is 0 Å². The van der Waals surface area contributed by atoms with Gasteiger partial charge < -0.3 is 14.3 Å². The number of aromatic nitrogens is 1. The van der Waals surface area contributed by atoms with Crippen molar-refractivity contribution in [3.8, 4) is 22.3 Å². The molecule has 0 aliphatic carbocycles. The lowest BCUT2D eigenvalue weighted by atomic mass is 9.95. The van der Waals surface area contributed by atoms with E-state index in [9.17, 15) is 14.7 Å². The highest BCUT2D eigenvalue weighted by atomic mass is 16.6. The van der Waals surface area contributed by atoms with E-state index in [1.807, 2.05) is 106 Å². The maximum Gasteiger partial charge on any atom is 0.419 e. The quantitative estimate of drug-likeness (QED) is 0.178. The van der Waals surface area contributed by atoms with Gasteiger partial charge in [-0.25, -0.2) is 9.36 Å². The maximum atomic E-state index is 13.7. The largest absolute Gasteiger partial charge is 0.481 e. The molecule has 0 aliphatic rings. The molecule has 6 heteroatoms. The first-order valence-corrected chi connectivity index (χ1v) is 16.4. The Bertz CT molecular complexity index is 2290. The third-order valence-corrected chi connectivity index (χ3v) is 8.68. The van der Waals surface area contributed by atoms with Crippen LogP contribution in [0.1, 0.15) is 48.9 Å². The zero-order chi connectivity index (χ0) is 34.1. The van der Waals surface area contributed by atoms with Gasteiger partial charge in [0.1, 0.15) is 16.9 Å². The summed E-state index contributed by atoms with van der Waals surface area (Å²) in [5.41, 5.74) is 8.11. The number of aliphatic carboxylic acids is 1. The van der Waals surface area contributed by atoms with Crippen LogP contribution in [0.4, 0.5) is 4.79 Å². The standard InChI is InChI=1S/C43H37NO5/c1-43(2,3)49-42(47)44-36-23-22-32(26-34(36)35(27-40(45)46)37(44)24-28-12-6-4-7-13-28)30-18-20-31(21-19-30)41-33-16-10-11-17-38(33)48-39(41)25-29-14-8-5-9-15-29/h4-23,26H,24-25,27H2,1-3H3,(H,45,46). The minimum atomic E-state index is -0.967. The number of hydrogen-bond donors (Lipinski definition) is 1. The number of carboxylic acids is 1. The van der Waals surface area contributed by atoms with Crippen LogP contribution in [-0.2, 0) is 28.8 Å². The first kappa shape index (κ1) is 31.7. The SMILES string of the molecule is CC(C)(C)OC(=O)n1c(Cc2ccccc2)c(CC(=O)O)c2cc(-c3ccc(-c4c(Cc5ccccc5)oc5ccccc45)cc3)ccc21. The van der Waals surface area contributed by atoms with E-state index in [1.165, 1.54) is 5.56 Å². The van der Waals surface area contributed by atoms with Gasteiger partial charge in [0.05, 0.1) is 11.9 Å². The molecule has 0 atom stereocenters. The van der Waals surface area contributed by atoms with E-state index in [0.717, 1.165) is 44.5 Å². The number of hydrogen-bond acceptors (Lipinski definition) is 4. The summed E-state index contributed by atoms with van der Waals surface area (Å²) in [6.07, 6.45) is 0.297. The highest BCUT2D eigenvalue weighted by molar-refractivity contribution is 5.99. The predicted molar refractivity (Wildman–Crippen MR) is 194 cm³/mol. The summed E-state index contributed by atoms with van der Waals surface area (Å²) in [5.74, 6) is -0.0553. The molecule has 0 spiro atoms. The molecule has 0 saturated heterocycles. The van der Waals surface area contributed by atoms with Crippen LogP contribution in [0.15, 0.2) is 132 Å². The number of rotatable bonds is 8. The van der Waals surface area contributed by atoms with Gasteiger partial charge in [-0.15, -0.1) is 0 Å². The lowest BCUT2D eigenvalue weighted by molar-refractivity contribution is -0.136. The molecule has 0 aliphatic heterocycles. The van der Waals surface area contributed by atoms with Crippen molar-refractivity contribution in [2.75, 3.05) is 0 Å². The molecule has 2 aromatic heterocycles. The maximum absolute atomic E-state index is 13.7. The Labute approximate surface area is 285 Å². The molecule has 5 aromatic carbocycles. The van der Waals surface area contributed by atoms with Crippen molar-refractivity contribution in [1.29, 1.82) is 0 Å². The first-order chi connectivity index (χ1) is 23.6. The van der Waals surface area contributed by atoms with Crippen molar-refractivity contribution in [1.82, 2.24) is 4.57 Å². The van der Waals surface area contributed by atoms with Gasteiger partial charge in [-0.05, 0) is 72.4 Å². The van der Waals surface area contributed by atoms with Crippen molar-refractivity contribution in [3.05, 3.63) is 156 Å². The van der Waals surface area contributed by atoms with Crippen LogP contribution in [0.25, 0.3) is 44.1 Å². The zero-order valence-electron chi connectivity index (χ0n) is 27.8. The minimum absolute atomic E-state index is 0.228. The van der Waals surface area contributed by atoms with Gasteiger partial charge in [0, 0.05) is 34.9 Å². The Morgan fingerprint density at radius 3 is 1.94 bits per heavy atom. The number of para-hydroxylation sites is 1. The fourth-order valence-electron chi connectivity index (χ4n) is 6.58.